The standard InChI is InChI=1S/C11H10ClN3O3S/c1-18-8-4-2-3-5-9(8)19(16,17)15-11-7-13-10(12)6-14-11/h2-7H,1H3,(H,14,15). The minimum absolute atomic E-state index is 0.0225. The lowest BCUT2D eigenvalue weighted by Crippen LogP contribution is -2.15. The molecule has 2 aromatic rings. The average Bonchev–Trinajstić information content (AvgIpc) is 2.41. The van der Waals surface area contributed by atoms with E-state index in [1.165, 1.54) is 25.6 Å². The second kappa shape index (κ2) is 5.41. The summed E-state index contributed by atoms with van der Waals surface area (Å²) in [5, 5.41) is 0.181. The molecule has 0 radical (unpaired) electrons. The van der Waals surface area contributed by atoms with Crippen molar-refractivity contribution in [3.63, 3.8) is 0 Å². The third-order valence-electron chi connectivity index (χ3n) is 2.22. The maximum Gasteiger partial charge on any atom is 0.266 e. The Balaban J connectivity index is 2.35. The number of halogens is 1. The number of nitrogens with zero attached hydrogens (tertiary/aromatic N) is 2. The first-order valence-corrected chi connectivity index (χ1v) is 7.02. The third-order valence-corrected chi connectivity index (χ3v) is 3.81. The Morgan fingerprint density at radius 1 is 1.21 bits per heavy atom. The van der Waals surface area contributed by atoms with Crippen LogP contribution >= 0.6 is 11.6 Å². The fourth-order valence-corrected chi connectivity index (χ4v) is 2.66. The molecule has 0 atom stereocenters. The largest absolute Gasteiger partial charge is 0.495 e. The predicted octanol–water partition coefficient (Wildman–Crippen LogP) is 1.94. The van der Waals surface area contributed by atoms with Crippen LogP contribution in [0, 0.1) is 0 Å². The minimum atomic E-state index is -3.79. The second-order valence-electron chi connectivity index (χ2n) is 3.48. The molecule has 100 valence electrons. The normalized spacial score (nSPS) is 11.1. The van der Waals surface area contributed by atoms with Crippen LogP contribution in [-0.4, -0.2) is 25.5 Å². The summed E-state index contributed by atoms with van der Waals surface area (Å²) in [4.78, 5) is 7.59. The number of hydrogen-bond donors (Lipinski definition) is 1. The zero-order valence-corrected chi connectivity index (χ0v) is 11.4. The van der Waals surface area contributed by atoms with Crippen LogP contribution in [0.15, 0.2) is 41.6 Å². The van der Waals surface area contributed by atoms with Crippen LogP contribution < -0.4 is 9.46 Å². The predicted molar refractivity (Wildman–Crippen MR) is 70.8 cm³/mol. The van der Waals surface area contributed by atoms with Gasteiger partial charge in [-0.3, -0.25) is 4.72 Å². The molecule has 0 fully saturated rings. The number of hydrogen-bond acceptors (Lipinski definition) is 5. The van der Waals surface area contributed by atoms with Crippen molar-refractivity contribution in [1.29, 1.82) is 0 Å². The fraction of sp³-hybridized carbons (Fsp3) is 0.0909. The van der Waals surface area contributed by atoms with Gasteiger partial charge >= 0.3 is 0 Å². The molecule has 0 aliphatic rings. The van der Waals surface area contributed by atoms with Crippen LogP contribution in [0.4, 0.5) is 5.82 Å². The van der Waals surface area contributed by atoms with Gasteiger partial charge in [-0.25, -0.2) is 18.4 Å². The molecule has 0 spiro atoms. The highest BCUT2D eigenvalue weighted by atomic mass is 35.5. The Bertz CT molecular complexity index is 674. The highest BCUT2D eigenvalue weighted by Crippen LogP contribution is 2.24. The first kappa shape index (κ1) is 13.6. The van der Waals surface area contributed by atoms with Gasteiger partial charge in [0, 0.05) is 0 Å². The number of nitrogens with one attached hydrogen (secondary N) is 1. The first-order valence-electron chi connectivity index (χ1n) is 5.16. The van der Waals surface area contributed by atoms with Crippen LogP contribution in [0.3, 0.4) is 0 Å². The van der Waals surface area contributed by atoms with Gasteiger partial charge in [0.05, 0.1) is 19.5 Å². The smallest absolute Gasteiger partial charge is 0.266 e. The Kier molecular flexibility index (Phi) is 3.87. The topological polar surface area (TPSA) is 81.2 Å². The zero-order valence-electron chi connectivity index (χ0n) is 9.87. The summed E-state index contributed by atoms with van der Waals surface area (Å²) in [6.07, 6.45) is 2.48. The molecule has 0 saturated heterocycles. The molecule has 1 aromatic carbocycles. The van der Waals surface area contributed by atoms with Gasteiger partial charge in [0.25, 0.3) is 10.0 Å². The number of methoxy groups -OCH3 is 1. The van der Waals surface area contributed by atoms with Gasteiger partial charge in [-0.05, 0) is 12.1 Å². The summed E-state index contributed by atoms with van der Waals surface area (Å²) in [5.41, 5.74) is 0. The first-order chi connectivity index (χ1) is 9.03. The number of ether oxygens (including phenoxy) is 1. The summed E-state index contributed by atoms with van der Waals surface area (Å²) >= 11 is 5.58. The Hall–Kier alpha value is -1.86. The molecule has 0 unspecified atom stereocenters. The van der Waals surface area contributed by atoms with Gasteiger partial charge in [-0.2, -0.15) is 0 Å². The van der Waals surface area contributed by atoms with E-state index in [1.807, 2.05) is 0 Å². The van der Waals surface area contributed by atoms with Crippen molar-refractivity contribution in [3.8, 4) is 5.75 Å². The highest BCUT2D eigenvalue weighted by molar-refractivity contribution is 7.92. The average molecular weight is 300 g/mol. The lowest BCUT2D eigenvalue weighted by atomic mass is 10.3. The van der Waals surface area contributed by atoms with Gasteiger partial charge in [0.2, 0.25) is 0 Å². The molecule has 0 amide bonds. The van der Waals surface area contributed by atoms with Crippen LogP contribution in [0.1, 0.15) is 0 Å². The molecule has 0 bridgehead atoms. The van der Waals surface area contributed by atoms with Crippen molar-refractivity contribution < 1.29 is 13.2 Å². The summed E-state index contributed by atoms with van der Waals surface area (Å²) in [5.74, 6) is 0.326. The van der Waals surface area contributed by atoms with Crippen molar-refractivity contribution in [2.45, 2.75) is 4.90 Å². The molecule has 8 heteroatoms. The minimum Gasteiger partial charge on any atom is -0.495 e. The van der Waals surface area contributed by atoms with E-state index in [9.17, 15) is 8.42 Å². The van der Waals surface area contributed by atoms with Gasteiger partial charge in [0.1, 0.15) is 15.8 Å². The summed E-state index contributed by atoms with van der Waals surface area (Å²) in [6, 6.07) is 6.27. The molecular weight excluding hydrogens is 290 g/mol. The van der Waals surface area contributed by atoms with E-state index in [-0.39, 0.29) is 21.6 Å². The van der Waals surface area contributed by atoms with Crippen LogP contribution in [-0.2, 0) is 10.0 Å². The number of sulfonamides is 1. The fourth-order valence-electron chi connectivity index (χ4n) is 1.40. The van der Waals surface area contributed by atoms with E-state index in [4.69, 9.17) is 16.3 Å². The molecule has 1 N–H and O–H groups in total. The number of aromatic nitrogens is 2. The van der Waals surface area contributed by atoms with Gasteiger partial charge in [-0.1, -0.05) is 23.7 Å². The van der Waals surface area contributed by atoms with Crippen molar-refractivity contribution >= 4 is 27.4 Å². The van der Waals surface area contributed by atoms with Crippen molar-refractivity contribution in [3.05, 3.63) is 41.8 Å². The van der Waals surface area contributed by atoms with Crippen molar-refractivity contribution in [2.75, 3.05) is 11.8 Å². The van der Waals surface area contributed by atoms with Crippen LogP contribution in [0.2, 0.25) is 5.15 Å². The monoisotopic (exact) mass is 299 g/mol. The van der Waals surface area contributed by atoms with E-state index < -0.39 is 10.0 Å². The molecule has 0 aliphatic heterocycles. The van der Waals surface area contributed by atoms with E-state index in [0.29, 0.717) is 0 Å². The quantitative estimate of drug-likeness (QED) is 0.933. The number of anilines is 1. The number of rotatable bonds is 4. The van der Waals surface area contributed by atoms with Crippen LogP contribution in [0.5, 0.6) is 5.75 Å². The summed E-state index contributed by atoms with van der Waals surface area (Å²) in [6.45, 7) is 0. The molecule has 19 heavy (non-hydrogen) atoms. The van der Waals surface area contributed by atoms with Gasteiger partial charge in [-0.15, -0.1) is 0 Å². The zero-order chi connectivity index (χ0) is 13.9. The Labute approximate surface area is 115 Å². The molecule has 1 heterocycles. The summed E-state index contributed by atoms with van der Waals surface area (Å²) < 4.78 is 31.7. The Morgan fingerprint density at radius 2 is 1.95 bits per heavy atom. The van der Waals surface area contributed by atoms with E-state index in [1.54, 1.807) is 18.2 Å². The molecular formula is C11H10ClN3O3S. The summed E-state index contributed by atoms with van der Waals surface area (Å²) in [7, 11) is -2.39. The van der Waals surface area contributed by atoms with Gasteiger partial charge in [0.15, 0.2) is 5.82 Å². The highest BCUT2D eigenvalue weighted by Gasteiger charge is 2.19. The lowest BCUT2D eigenvalue weighted by Gasteiger charge is -2.10. The van der Waals surface area contributed by atoms with E-state index in [2.05, 4.69) is 14.7 Å². The Morgan fingerprint density at radius 3 is 2.58 bits per heavy atom. The maximum atomic E-state index is 12.2. The van der Waals surface area contributed by atoms with E-state index in [0.717, 1.165) is 0 Å². The second-order valence-corrected chi connectivity index (χ2v) is 5.52. The van der Waals surface area contributed by atoms with E-state index >= 15 is 0 Å². The molecule has 6 nitrogen and oxygen atoms in total. The number of benzene rings is 1. The lowest BCUT2D eigenvalue weighted by molar-refractivity contribution is 0.403. The third kappa shape index (κ3) is 3.12. The molecule has 2 rings (SSSR count). The molecule has 0 aliphatic carbocycles. The molecule has 1 aromatic heterocycles. The van der Waals surface area contributed by atoms with Gasteiger partial charge < -0.3 is 4.74 Å². The van der Waals surface area contributed by atoms with Crippen LogP contribution in [0.25, 0.3) is 0 Å². The molecule has 0 saturated carbocycles. The van der Waals surface area contributed by atoms with Crippen molar-refractivity contribution in [2.24, 2.45) is 0 Å². The SMILES string of the molecule is COc1ccccc1S(=O)(=O)Nc1cnc(Cl)cn1. The van der Waals surface area contributed by atoms with Crippen molar-refractivity contribution in [1.82, 2.24) is 9.97 Å². The maximum absolute atomic E-state index is 12.2. The number of para-hydroxylation sites is 1.